The third-order valence-corrected chi connectivity index (χ3v) is 5.04. The highest BCUT2D eigenvalue weighted by atomic mass is 16.4. The van der Waals surface area contributed by atoms with Crippen LogP contribution in [-0.2, 0) is 11.2 Å². The highest BCUT2D eigenvalue weighted by Crippen LogP contribution is 2.47. The fraction of sp³-hybridized carbons (Fsp3) is 0.588. The molecule has 1 aromatic carbocycles. The molecule has 2 aliphatic carbocycles. The molecule has 0 bridgehead atoms. The van der Waals surface area contributed by atoms with E-state index in [0.717, 1.165) is 12.8 Å². The SMILES string of the molecule is Cc1ccc2c(c1)C(C1CCCC1)C(C(=O)O)CC2. The summed E-state index contributed by atoms with van der Waals surface area (Å²) >= 11 is 0. The predicted molar refractivity (Wildman–Crippen MR) is 75.3 cm³/mol. The Morgan fingerprint density at radius 2 is 1.95 bits per heavy atom. The predicted octanol–water partition coefficient (Wildman–Crippen LogP) is 3.92. The number of hydrogen-bond donors (Lipinski definition) is 1. The normalized spacial score (nSPS) is 27.2. The molecule has 2 atom stereocenters. The summed E-state index contributed by atoms with van der Waals surface area (Å²) in [6.45, 7) is 2.11. The smallest absolute Gasteiger partial charge is 0.307 e. The minimum atomic E-state index is -0.593. The van der Waals surface area contributed by atoms with Crippen LogP contribution in [0.25, 0.3) is 0 Å². The number of fused-ring (bicyclic) bond motifs is 1. The summed E-state index contributed by atoms with van der Waals surface area (Å²) in [4.78, 5) is 11.6. The topological polar surface area (TPSA) is 37.3 Å². The number of hydrogen-bond acceptors (Lipinski definition) is 1. The second-order valence-electron chi connectivity index (χ2n) is 6.26. The van der Waals surface area contributed by atoms with Crippen molar-refractivity contribution in [3.05, 3.63) is 34.9 Å². The van der Waals surface area contributed by atoms with Crippen molar-refractivity contribution in [2.24, 2.45) is 11.8 Å². The molecule has 2 aliphatic rings. The average Bonchev–Trinajstić information content (AvgIpc) is 2.90. The van der Waals surface area contributed by atoms with E-state index in [0.29, 0.717) is 5.92 Å². The molecule has 0 aromatic heterocycles. The van der Waals surface area contributed by atoms with Crippen molar-refractivity contribution in [2.45, 2.75) is 51.4 Å². The fourth-order valence-corrected chi connectivity index (χ4v) is 4.14. The number of carboxylic acid groups (broad SMARTS) is 1. The van der Waals surface area contributed by atoms with Gasteiger partial charge < -0.3 is 5.11 Å². The maximum atomic E-state index is 11.6. The molecular weight excluding hydrogens is 236 g/mol. The number of aliphatic carboxylic acids is 1. The Labute approximate surface area is 114 Å². The Bertz CT molecular complexity index is 486. The second-order valence-corrected chi connectivity index (χ2v) is 6.26. The van der Waals surface area contributed by atoms with Crippen LogP contribution in [0.1, 0.15) is 54.7 Å². The van der Waals surface area contributed by atoms with E-state index in [-0.39, 0.29) is 11.8 Å². The lowest BCUT2D eigenvalue weighted by atomic mass is 9.68. The van der Waals surface area contributed by atoms with E-state index >= 15 is 0 Å². The van der Waals surface area contributed by atoms with Gasteiger partial charge in [-0.15, -0.1) is 0 Å². The minimum absolute atomic E-state index is 0.169. The molecule has 0 spiro atoms. The Balaban J connectivity index is 2.03. The van der Waals surface area contributed by atoms with Crippen molar-refractivity contribution in [3.63, 3.8) is 0 Å². The molecule has 3 rings (SSSR count). The van der Waals surface area contributed by atoms with E-state index < -0.39 is 5.97 Å². The van der Waals surface area contributed by atoms with Gasteiger partial charge in [-0.25, -0.2) is 0 Å². The molecule has 1 fully saturated rings. The summed E-state index contributed by atoms with van der Waals surface area (Å²) in [5.41, 5.74) is 3.98. The molecule has 2 heteroatoms. The van der Waals surface area contributed by atoms with Gasteiger partial charge >= 0.3 is 5.97 Å². The zero-order valence-electron chi connectivity index (χ0n) is 11.6. The first-order chi connectivity index (χ1) is 9.16. The number of rotatable bonds is 2. The average molecular weight is 258 g/mol. The molecule has 19 heavy (non-hydrogen) atoms. The number of carboxylic acids is 1. The molecule has 1 saturated carbocycles. The highest BCUT2D eigenvalue weighted by Gasteiger charge is 2.39. The third-order valence-electron chi connectivity index (χ3n) is 5.04. The lowest BCUT2D eigenvalue weighted by Crippen LogP contribution is -2.31. The van der Waals surface area contributed by atoms with Crippen molar-refractivity contribution in [1.29, 1.82) is 0 Å². The van der Waals surface area contributed by atoms with Crippen LogP contribution in [0.3, 0.4) is 0 Å². The summed E-state index contributed by atoms with van der Waals surface area (Å²) in [6.07, 6.45) is 6.70. The zero-order valence-corrected chi connectivity index (χ0v) is 11.6. The Morgan fingerprint density at radius 1 is 1.21 bits per heavy atom. The molecule has 102 valence electrons. The first-order valence-corrected chi connectivity index (χ1v) is 7.49. The van der Waals surface area contributed by atoms with Crippen molar-refractivity contribution < 1.29 is 9.90 Å². The van der Waals surface area contributed by atoms with E-state index in [2.05, 4.69) is 25.1 Å². The molecule has 1 aromatic rings. The number of aryl methyl sites for hydroxylation is 2. The van der Waals surface area contributed by atoms with Gasteiger partial charge in [0.05, 0.1) is 5.92 Å². The first-order valence-electron chi connectivity index (χ1n) is 7.49. The van der Waals surface area contributed by atoms with Gasteiger partial charge in [-0.05, 0) is 49.7 Å². The summed E-state index contributed by atoms with van der Waals surface area (Å²) in [6, 6.07) is 6.61. The van der Waals surface area contributed by atoms with E-state index in [9.17, 15) is 9.90 Å². The molecule has 0 radical (unpaired) electrons. The summed E-state index contributed by atoms with van der Waals surface area (Å²) < 4.78 is 0. The molecule has 0 saturated heterocycles. The van der Waals surface area contributed by atoms with Crippen LogP contribution in [-0.4, -0.2) is 11.1 Å². The maximum absolute atomic E-state index is 11.6. The van der Waals surface area contributed by atoms with E-state index in [1.54, 1.807) is 0 Å². The Morgan fingerprint density at radius 3 is 2.63 bits per heavy atom. The van der Waals surface area contributed by atoms with Crippen LogP contribution in [0.5, 0.6) is 0 Å². The minimum Gasteiger partial charge on any atom is -0.481 e. The van der Waals surface area contributed by atoms with Crippen LogP contribution < -0.4 is 0 Å². The van der Waals surface area contributed by atoms with Crippen molar-refractivity contribution in [3.8, 4) is 0 Å². The Kier molecular flexibility index (Phi) is 3.34. The zero-order chi connectivity index (χ0) is 13.4. The summed E-state index contributed by atoms with van der Waals surface area (Å²) in [5.74, 6) is 0.0760. The molecule has 2 unspecified atom stereocenters. The van der Waals surface area contributed by atoms with Gasteiger partial charge in [0, 0.05) is 5.92 Å². The van der Waals surface area contributed by atoms with E-state index in [1.807, 2.05) is 0 Å². The van der Waals surface area contributed by atoms with Crippen LogP contribution in [0.15, 0.2) is 18.2 Å². The summed E-state index contributed by atoms with van der Waals surface area (Å²) in [5, 5.41) is 9.56. The van der Waals surface area contributed by atoms with E-state index in [1.165, 1.54) is 42.4 Å². The largest absolute Gasteiger partial charge is 0.481 e. The van der Waals surface area contributed by atoms with Gasteiger partial charge in [-0.1, -0.05) is 36.6 Å². The van der Waals surface area contributed by atoms with Crippen molar-refractivity contribution >= 4 is 5.97 Å². The number of carbonyl (C=O) groups is 1. The van der Waals surface area contributed by atoms with Crippen molar-refractivity contribution in [2.75, 3.05) is 0 Å². The lowest BCUT2D eigenvalue weighted by molar-refractivity contribution is -0.143. The molecule has 1 N–H and O–H groups in total. The Hall–Kier alpha value is -1.31. The highest BCUT2D eigenvalue weighted by molar-refractivity contribution is 5.72. The summed E-state index contributed by atoms with van der Waals surface area (Å²) in [7, 11) is 0. The standard InChI is InChI=1S/C17H22O2/c1-11-6-7-12-8-9-14(17(18)19)16(15(12)10-11)13-4-2-3-5-13/h6-7,10,13-14,16H,2-5,8-9H2,1H3,(H,18,19). The first kappa shape index (κ1) is 12.7. The van der Waals surface area contributed by atoms with Crippen LogP contribution in [0, 0.1) is 18.8 Å². The fourth-order valence-electron chi connectivity index (χ4n) is 4.14. The monoisotopic (exact) mass is 258 g/mol. The van der Waals surface area contributed by atoms with Gasteiger partial charge in [0.2, 0.25) is 0 Å². The van der Waals surface area contributed by atoms with Crippen LogP contribution >= 0.6 is 0 Å². The number of benzene rings is 1. The molecule has 0 heterocycles. The van der Waals surface area contributed by atoms with Gasteiger partial charge in [-0.3, -0.25) is 4.79 Å². The lowest BCUT2D eigenvalue weighted by Gasteiger charge is -2.35. The molecule has 0 aliphatic heterocycles. The van der Waals surface area contributed by atoms with Gasteiger partial charge in [0.15, 0.2) is 0 Å². The van der Waals surface area contributed by atoms with E-state index in [4.69, 9.17) is 0 Å². The second kappa shape index (κ2) is 4.99. The van der Waals surface area contributed by atoms with Crippen LogP contribution in [0.2, 0.25) is 0 Å². The molecular formula is C17H22O2. The van der Waals surface area contributed by atoms with Gasteiger partial charge in [-0.2, -0.15) is 0 Å². The van der Waals surface area contributed by atoms with Crippen molar-refractivity contribution in [1.82, 2.24) is 0 Å². The van der Waals surface area contributed by atoms with Crippen LogP contribution in [0.4, 0.5) is 0 Å². The van der Waals surface area contributed by atoms with Gasteiger partial charge in [0.25, 0.3) is 0 Å². The molecule has 0 amide bonds. The molecule has 2 nitrogen and oxygen atoms in total. The third kappa shape index (κ3) is 2.29. The van der Waals surface area contributed by atoms with Gasteiger partial charge in [0.1, 0.15) is 0 Å². The maximum Gasteiger partial charge on any atom is 0.307 e. The quantitative estimate of drug-likeness (QED) is 0.873.